The lowest BCUT2D eigenvalue weighted by Crippen LogP contribution is -2.55. The van der Waals surface area contributed by atoms with Crippen LogP contribution < -0.4 is 29.3 Å². The largest absolute Gasteiger partial charge is 0.489 e. The van der Waals surface area contributed by atoms with Crippen molar-refractivity contribution in [2.24, 2.45) is 11.3 Å². The number of nitrogens with one attached hydrogen (secondary N) is 3. The maximum atomic E-state index is 14.8. The van der Waals surface area contributed by atoms with Crippen molar-refractivity contribution in [1.29, 1.82) is 0 Å². The van der Waals surface area contributed by atoms with E-state index in [1.165, 1.54) is 36.5 Å². The van der Waals surface area contributed by atoms with Gasteiger partial charge in [0.15, 0.2) is 11.4 Å². The Balaban J connectivity index is 0.835. The zero-order valence-corrected chi connectivity index (χ0v) is 41.4. The summed E-state index contributed by atoms with van der Waals surface area (Å²) in [6, 6.07) is 20.7. The van der Waals surface area contributed by atoms with Gasteiger partial charge in [-0.2, -0.15) is 4.98 Å². The van der Waals surface area contributed by atoms with E-state index in [2.05, 4.69) is 62.6 Å². The van der Waals surface area contributed by atoms with Gasteiger partial charge in [0.2, 0.25) is 5.88 Å². The number of aliphatic hydroxyl groups is 1. The van der Waals surface area contributed by atoms with Crippen LogP contribution in [0.5, 0.6) is 11.6 Å². The monoisotopic (exact) mass is 998 g/mol. The Morgan fingerprint density at radius 1 is 0.958 bits per heavy atom. The molecule has 18 heteroatoms. The van der Waals surface area contributed by atoms with Crippen LogP contribution in [-0.2, 0) is 14.8 Å². The van der Waals surface area contributed by atoms with Gasteiger partial charge in [0, 0.05) is 61.0 Å². The second-order valence-electron chi connectivity index (χ2n) is 21.3. The zero-order chi connectivity index (χ0) is 49.5. The van der Waals surface area contributed by atoms with Crippen molar-refractivity contribution >= 4 is 61.0 Å². The highest BCUT2D eigenvalue weighted by Crippen LogP contribution is 2.55. The van der Waals surface area contributed by atoms with Gasteiger partial charge in [-0.1, -0.05) is 36.4 Å². The lowest BCUT2D eigenvalue weighted by molar-refractivity contribution is -0.384. The Morgan fingerprint density at radius 2 is 1.76 bits per heavy atom. The molecule has 2 saturated carbocycles. The fourth-order valence-corrected chi connectivity index (χ4v) is 14.1. The molecular formula is C54H62N8O9S. The van der Waals surface area contributed by atoms with Crippen LogP contribution in [-0.4, -0.2) is 109 Å². The van der Waals surface area contributed by atoms with E-state index in [1.54, 1.807) is 12.3 Å². The number of anilines is 4. The third-order valence-corrected chi connectivity index (χ3v) is 18.3. The molecule has 5 fully saturated rings. The molecular weight excluding hydrogens is 937 g/mol. The number of nitro benzene ring substituents is 1. The number of nitrogens with zero attached hydrogens (tertiary/aromatic N) is 5. The molecule has 4 atom stereocenters. The maximum absolute atomic E-state index is 14.8. The number of rotatable bonds is 10. The summed E-state index contributed by atoms with van der Waals surface area (Å²) in [4.78, 5) is 41.4. The number of fused-ring (bicyclic) bond motifs is 4. The minimum atomic E-state index is -4.71. The van der Waals surface area contributed by atoms with Gasteiger partial charge in [0.1, 0.15) is 24.0 Å². The molecule has 2 aliphatic carbocycles. The number of likely N-dealkylation sites (tertiary alicyclic amines) is 1. The van der Waals surface area contributed by atoms with Crippen molar-refractivity contribution in [2.75, 3.05) is 54.6 Å². The van der Waals surface area contributed by atoms with Crippen molar-refractivity contribution in [1.82, 2.24) is 19.6 Å². The predicted octanol–water partition coefficient (Wildman–Crippen LogP) is 8.62. The number of H-pyrrole nitrogens is 1. The molecule has 3 aromatic carbocycles. The molecule has 0 bridgehead atoms. The molecule has 4 N–H and O–H groups in total. The predicted molar refractivity (Wildman–Crippen MR) is 274 cm³/mol. The highest BCUT2D eigenvalue weighted by Gasteiger charge is 2.50. The van der Waals surface area contributed by atoms with Crippen molar-refractivity contribution in [2.45, 2.75) is 119 Å². The number of nitro groups is 1. The first kappa shape index (κ1) is 46.8. The van der Waals surface area contributed by atoms with Crippen LogP contribution >= 0.6 is 0 Å². The number of aromatic nitrogens is 2. The van der Waals surface area contributed by atoms with E-state index in [1.807, 2.05) is 29.2 Å². The first-order valence-corrected chi connectivity index (χ1v) is 27.2. The Kier molecular flexibility index (Phi) is 12.0. The number of carbonyl (C=O) groups is 1. The molecule has 7 aliphatic rings. The number of hydrogen-bond acceptors (Lipinski definition) is 14. The molecule has 7 heterocycles. The van der Waals surface area contributed by atoms with Crippen LogP contribution in [0.15, 0.2) is 84.4 Å². The highest BCUT2D eigenvalue weighted by atomic mass is 32.2. The van der Waals surface area contributed by atoms with Gasteiger partial charge >= 0.3 is 0 Å². The van der Waals surface area contributed by atoms with Gasteiger partial charge in [0.25, 0.3) is 21.6 Å². The maximum Gasteiger partial charge on any atom is 0.297 e. The summed E-state index contributed by atoms with van der Waals surface area (Å²) in [5, 5.41) is 26.7. The van der Waals surface area contributed by atoms with Crippen LogP contribution in [0.1, 0.15) is 105 Å². The molecule has 3 saturated heterocycles. The lowest BCUT2D eigenvalue weighted by atomic mass is 9.59. The van der Waals surface area contributed by atoms with Gasteiger partial charge in [-0.05, 0) is 130 Å². The second-order valence-corrected chi connectivity index (χ2v) is 23.0. The van der Waals surface area contributed by atoms with E-state index in [9.17, 15) is 28.4 Å². The van der Waals surface area contributed by atoms with E-state index >= 15 is 0 Å². The van der Waals surface area contributed by atoms with Crippen molar-refractivity contribution in [3.05, 3.63) is 106 Å². The van der Waals surface area contributed by atoms with Crippen LogP contribution in [0, 0.1) is 21.4 Å². The lowest BCUT2D eigenvalue weighted by Gasteiger charge is -2.56. The van der Waals surface area contributed by atoms with E-state index in [-0.39, 0.29) is 59.2 Å². The Morgan fingerprint density at radius 3 is 2.56 bits per heavy atom. The number of allylic oxidation sites excluding steroid dienone is 1. The number of pyridine rings is 1. The van der Waals surface area contributed by atoms with Crippen molar-refractivity contribution < 1.29 is 37.5 Å². The Hall–Kier alpha value is -6.21. The number of aromatic amines is 1. The van der Waals surface area contributed by atoms with Gasteiger partial charge in [-0.3, -0.25) is 19.8 Å². The molecule has 0 unspecified atom stereocenters. The van der Waals surface area contributed by atoms with Gasteiger partial charge in [-0.25, -0.2) is 13.1 Å². The minimum Gasteiger partial charge on any atom is -0.489 e. The van der Waals surface area contributed by atoms with Crippen molar-refractivity contribution in [3.8, 4) is 11.6 Å². The summed E-state index contributed by atoms with van der Waals surface area (Å²) in [7, 11) is -4.71. The van der Waals surface area contributed by atoms with Gasteiger partial charge in [0.05, 0.1) is 52.5 Å². The Bertz CT molecular complexity index is 3070. The van der Waals surface area contributed by atoms with Crippen LogP contribution in [0.3, 0.4) is 0 Å². The first-order valence-electron chi connectivity index (χ1n) is 25.7. The molecule has 1 spiro atoms. The van der Waals surface area contributed by atoms with E-state index < -0.39 is 31.4 Å². The van der Waals surface area contributed by atoms with Crippen LogP contribution in [0.4, 0.5) is 28.4 Å². The molecule has 1 amide bonds. The molecule has 0 radical (unpaired) electrons. The number of hydrogen-bond donors (Lipinski definition) is 4. The topological polar surface area (TPSA) is 205 Å². The SMILES string of the molecule is C=C(C)c1ccccc1[C@@H]1CCCN1C1CC2(CCN(c3ccc(C(=O)NS(=O)(=O)c4cc5c(c([N+](=O)[O-])c4)N[C@H](C4CCC(O)CC4)CO5)c(N4c5cc6cc[nH]c6nc5O[C@H]5CCOC[C@H]54)c3)CC2)C1. The quantitative estimate of drug-likeness (QED) is 0.0764. The summed E-state index contributed by atoms with van der Waals surface area (Å²) in [6.07, 6.45) is 11.2. The third kappa shape index (κ3) is 8.42. The standard InChI is InChI=1S/C54H62N8O9S/c1-32(2)39-6-3-4-7-40(39)43-8-5-20-60(43)36-28-54(29-36)17-21-59(22-18-54)35-11-14-41(44(25-35)61-46-24-34-15-19-55-51(34)57-53(46)71-48-16-23-69-31-47(48)61)52(64)58-72(67,68)38-26-45(62(65)66)50-49(27-38)70-30-42(56-50)33-9-12-37(63)13-10-33/h3-4,6-7,11,14-15,19,24-27,33,36-37,42-43,47-48,56,63H,1,5,8-10,12-13,16-18,20-23,28-31H2,2H3,(H,55,57)(H,58,64)/t33?,37?,42-,43-,47+,48-/m0/s1. The van der Waals surface area contributed by atoms with Gasteiger partial charge in [-0.15, -0.1) is 0 Å². The third-order valence-electron chi connectivity index (χ3n) is 17.0. The number of carbonyl (C=O) groups excluding carboxylic acids is 1. The second kappa shape index (κ2) is 18.4. The van der Waals surface area contributed by atoms with E-state index in [0.29, 0.717) is 67.5 Å². The number of piperidine rings is 1. The van der Waals surface area contributed by atoms with Crippen LogP contribution in [0.2, 0.25) is 0 Å². The highest BCUT2D eigenvalue weighted by molar-refractivity contribution is 7.90. The summed E-state index contributed by atoms with van der Waals surface area (Å²) >= 11 is 0. The number of sulfonamides is 1. The van der Waals surface area contributed by atoms with Crippen molar-refractivity contribution in [3.63, 3.8) is 0 Å². The summed E-state index contributed by atoms with van der Waals surface area (Å²) < 4.78 is 49.7. The average Bonchev–Trinajstić information content (AvgIpc) is 4.06. The molecule has 12 rings (SSSR count). The number of amides is 1. The normalized spacial score (nSPS) is 26.1. The van der Waals surface area contributed by atoms with E-state index in [0.717, 1.165) is 74.5 Å². The average molecular weight is 999 g/mol. The number of aliphatic hydroxyl groups excluding tert-OH is 1. The zero-order valence-electron chi connectivity index (χ0n) is 40.6. The Labute approximate surface area is 419 Å². The summed E-state index contributed by atoms with van der Waals surface area (Å²) in [5.41, 5.74) is 6.36. The number of ether oxygens (including phenoxy) is 3. The summed E-state index contributed by atoms with van der Waals surface area (Å²) in [6.45, 7) is 10.1. The smallest absolute Gasteiger partial charge is 0.297 e. The summed E-state index contributed by atoms with van der Waals surface area (Å²) in [5.74, 6) is -0.387. The molecule has 2 aromatic heterocycles. The molecule has 378 valence electrons. The van der Waals surface area contributed by atoms with E-state index in [4.69, 9.17) is 19.2 Å². The fraction of sp³-hybridized carbons (Fsp3) is 0.481. The molecule has 17 nitrogen and oxygen atoms in total. The molecule has 72 heavy (non-hydrogen) atoms. The minimum absolute atomic E-state index is 0.0105. The first-order chi connectivity index (χ1) is 34.8. The molecule has 5 aromatic rings. The fourth-order valence-electron chi connectivity index (χ4n) is 13.1. The van der Waals surface area contributed by atoms with Crippen LogP contribution in [0.25, 0.3) is 16.6 Å². The molecule has 5 aliphatic heterocycles. The number of benzene rings is 3. The van der Waals surface area contributed by atoms with Gasteiger partial charge < -0.3 is 39.4 Å².